The summed E-state index contributed by atoms with van der Waals surface area (Å²) in [6.07, 6.45) is 6.04. The Kier molecular flexibility index (Phi) is 19.5. The van der Waals surface area contributed by atoms with E-state index in [1.807, 2.05) is 114 Å². The molecule has 9 nitrogen and oxygen atoms in total. The number of phenolic OH excluding ortho intramolecular Hbond substituents is 9. The molecule has 0 aliphatic rings. The largest absolute Gasteiger partial charge is 0.508 e. The smallest absolute Gasteiger partial charge is 0.122 e. The Balaban J connectivity index is 1.19. The molecule has 0 heterocycles. The fraction of sp³-hybridized carbons (Fsp3) is 0.277. The summed E-state index contributed by atoms with van der Waals surface area (Å²) < 4.78 is 0. The lowest BCUT2D eigenvalue weighted by Gasteiger charge is -2.35. The van der Waals surface area contributed by atoms with Crippen LogP contribution in [0.5, 0.6) is 51.7 Å². The quantitative estimate of drug-likeness (QED) is 0.0282. The molecular weight excluding hydrogens is 1140 g/mol. The molecule has 10 aromatic carbocycles. The molecule has 0 radical (unpaired) electrons. The molecule has 10 rings (SSSR count). The maximum absolute atomic E-state index is 12.7. The first-order valence-corrected chi connectivity index (χ1v) is 32.6. The van der Waals surface area contributed by atoms with E-state index in [-0.39, 0.29) is 51.7 Å². The minimum atomic E-state index is -1.01. The molecule has 0 fully saturated rings. The van der Waals surface area contributed by atoms with Gasteiger partial charge in [-0.3, -0.25) is 0 Å². The maximum atomic E-state index is 12.7. The van der Waals surface area contributed by atoms with Crippen LogP contribution in [0.3, 0.4) is 0 Å². The number of aromatic hydroxyl groups is 9. The highest BCUT2D eigenvalue weighted by Crippen LogP contribution is 2.47. The van der Waals surface area contributed by atoms with Gasteiger partial charge in [0.1, 0.15) is 51.7 Å². The SMILES string of the molecule is CCc1cc(Cc2cc(C(C)(C)c3ccc(C(C)(c4cc(Cc5ccc(O)c(CC)c5)c(O)c(Cc5ccc(O)c(CC)c5)c4)c4cc(Cc5ccc(O)c(CC)c5)c(O)c(Cc5ccc(O)c(CC)c5)c4)cc3)cc(Cc3ccc(O)c(CC)c3)c2O)ccc1O. The average Bonchev–Trinajstić information content (AvgIpc) is 0.758. The van der Waals surface area contributed by atoms with Gasteiger partial charge in [0.15, 0.2) is 0 Å². The highest BCUT2D eigenvalue weighted by molar-refractivity contribution is 5.62. The van der Waals surface area contributed by atoms with Crippen LogP contribution in [0.1, 0.15) is 190 Å². The molecule has 0 saturated carbocycles. The van der Waals surface area contributed by atoms with Crippen molar-refractivity contribution < 1.29 is 46.0 Å². The normalized spacial score (nSPS) is 11.8. The fourth-order valence-corrected chi connectivity index (χ4v) is 13.4. The summed E-state index contributed by atoms with van der Waals surface area (Å²) in [5, 5.41) is 102. The van der Waals surface area contributed by atoms with Crippen LogP contribution in [0.25, 0.3) is 0 Å². The zero-order valence-electron chi connectivity index (χ0n) is 54.7. The average molecular weight is 1230 g/mol. The Morgan fingerprint density at radius 2 is 0.413 bits per heavy atom. The molecule has 9 N–H and O–H groups in total. The lowest BCUT2D eigenvalue weighted by molar-refractivity contribution is 0.460. The molecule has 0 bridgehead atoms. The number of aryl methyl sites for hydroxylation is 6. The molecule has 92 heavy (non-hydrogen) atoms. The molecule has 0 unspecified atom stereocenters. The Hall–Kier alpha value is -9.60. The van der Waals surface area contributed by atoms with E-state index in [2.05, 4.69) is 81.4 Å². The minimum Gasteiger partial charge on any atom is -0.508 e. The Morgan fingerprint density at radius 1 is 0.217 bits per heavy atom. The van der Waals surface area contributed by atoms with Gasteiger partial charge in [0.05, 0.1) is 0 Å². The summed E-state index contributed by atoms with van der Waals surface area (Å²) in [5.74, 6) is 1.85. The van der Waals surface area contributed by atoms with Gasteiger partial charge < -0.3 is 46.0 Å². The van der Waals surface area contributed by atoms with Crippen molar-refractivity contribution in [3.8, 4) is 51.7 Å². The molecule has 0 spiro atoms. The lowest BCUT2D eigenvalue weighted by atomic mass is 9.68. The summed E-state index contributed by atoms with van der Waals surface area (Å²) in [4.78, 5) is 0. The molecule has 9 heteroatoms. The summed E-state index contributed by atoms with van der Waals surface area (Å²) in [5.41, 5.74) is 17.8. The standard InChI is InChI=1S/C83H88O9/c1-10-56-32-50(16-26-73(56)84)38-62-44-70(45-63(79(62)90)39-51-17-27-74(85)57(11-2)33-51)82(7,8)68-22-24-69(25-23-68)83(9,71-46-64(40-52-18-28-75(86)58(12-3)34-52)80(91)65(47-71)41-53-19-29-76(87)59(13-4)35-53)72-48-66(42-54-20-30-77(88)60(14-5)36-54)81(92)67(49-72)43-55-21-31-78(89)61(15-6)37-55/h16-37,44-49,84-92H,10-15,38-43H2,1-9H3. The van der Waals surface area contributed by atoms with Gasteiger partial charge in [-0.05, 0) is 210 Å². The first-order chi connectivity index (χ1) is 44.1. The first kappa shape index (κ1) is 65.4. The number of hydrogen-bond acceptors (Lipinski definition) is 9. The molecule has 0 saturated heterocycles. The van der Waals surface area contributed by atoms with E-state index in [1.165, 1.54) is 0 Å². The lowest BCUT2D eigenvalue weighted by Crippen LogP contribution is -2.27. The van der Waals surface area contributed by atoms with Crippen LogP contribution in [0.2, 0.25) is 0 Å². The monoisotopic (exact) mass is 1230 g/mol. The number of phenols is 9. The van der Waals surface area contributed by atoms with Crippen LogP contribution in [0.15, 0.2) is 170 Å². The van der Waals surface area contributed by atoms with Gasteiger partial charge >= 0.3 is 0 Å². The zero-order chi connectivity index (χ0) is 65.8. The molecule has 0 aliphatic carbocycles. The van der Waals surface area contributed by atoms with Crippen molar-refractivity contribution in [1.82, 2.24) is 0 Å². The molecule has 474 valence electrons. The van der Waals surface area contributed by atoms with Crippen molar-refractivity contribution in [2.45, 2.75) is 150 Å². The van der Waals surface area contributed by atoms with E-state index in [4.69, 9.17) is 0 Å². The van der Waals surface area contributed by atoms with Crippen molar-refractivity contribution in [2.75, 3.05) is 0 Å². The highest BCUT2D eigenvalue weighted by Gasteiger charge is 2.36. The number of rotatable bonds is 23. The van der Waals surface area contributed by atoms with Crippen LogP contribution in [0.4, 0.5) is 0 Å². The predicted molar refractivity (Wildman–Crippen MR) is 370 cm³/mol. The fourth-order valence-electron chi connectivity index (χ4n) is 13.4. The van der Waals surface area contributed by atoms with Crippen LogP contribution >= 0.6 is 0 Å². The third-order valence-electron chi connectivity index (χ3n) is 19.4. The van der Waals surface area contributed by atoms with Crippen molar-refractivity contribution in [3.05, 3.63) is 298 Å². The van der Waals surface area contributed by atoms with E-state index in [1.54, 1.807) is 36.4 Å². The zero-order valence-corrected chi connectivity index (χ0v) is 54.7. The minimum absolute atomic E-state index is 0.149. The van der Waals surface area contributed by atoms with Crippen molar-refractivity contribution >= 4 is 0 Å². The van der Waals surface area contributed by atoms with Crippen molar-refractivity contribution in [3.63, 3.8) is 0 Å². The van der Waals surface area contributed by atoms with Gasteiger partial charge in [-0.1, -0.05) is 189 Å². The second kappa shape index (κ2) is 27.5. The highest BCUT2D eigenvalue weighted by atomic mass is 16.3. The molecule has 0 amide bonds. The molecule has 10 aromatic rings. The summed E-state index contributed by atoms with van der Waals surface area (Å²) in [7, 11) is 0. The number of hydrogen-bond donors (Lipinski definition) is 9. The Labute approximate surface area is 542 Å². The predicted octanol–water partition coefficient (Wildman–Crippen LogP) is 17.6. The molecular formula is C83H88O9. The molecule has 0 atom stereocenters. The number of benzene rings is 10. The summed E-state index contributed by atoms with van der Waals surface area (Å²) >= 11 is 0. The van der Waals surface area contributed by atoms with E-state index in [0.717, 1.165) is 106 Å². The van der Waals surface area contributed by atoms with Gasteiger partial charge in [-0.15, -0.1) is 0 Å². The first-order valence-electron chi connectivity index (χ1n) is 32.6. The second-order valence-corrected chi connectivity index (χ2v) is 25.7. The van der Waals surface area contributed by atoms with Crippen LogP contribution in [-0.4, -0.2) is 46.0 Å². The van der Waals surface area contributed by atoms with Crippen molar-refractivity contribution in [2.24, 2.45) is 0 Å². The van der Waals surface area contributed by atoms with Gasteiger partial charge in [0.2, 0.25) is 0 Å². The topological polar surface area (TPSA) is 182 Å². The van der Waals surface area contributed by atoms with Crippen LogP contribution in [0, 0.1) is 0 Å². The van der Waals surface area contributed by atoms with E-state index in [9.17, 15) is 46.0 Å². The van der Waals surface area contributed by atoms with Crippen LogP contribution in [-0.2, 0) is 87.9 Å². The van der Waals surface area contributed by atoms with E-state index < -0.39 is 10.8 Å². The van der Waals surface area contributed by atoms with Gasteiger partial charge in [-0.2, -0.15) is 0 Å². The summed E-state index contributed by atoms with van der Waals surface area (Å²) in [6, 6.07) is 55.1. The Morgan fingerprint density at radius 3 is 0.620 bits per heavy atom. The van der Waals surface area contributed by atoms with Crippen molar-refractivity contribution in [1.29, 1.82) is 0 Å². The van der Waals surface area contributed by atoms with E-state index in [0.29, 0.717) is 99.3 Å². The maximum Gasteiger partial charge on any atom is 0.122 e. The third-order valence-corrected chi connectivity index (χ3v) is 19.4. The molecule has 0 aromatic heterocycles. The third kappa shape index (κ3) is 13.7. The van der Waals surface area contributed by atoms with E-state index >= 15 is 0 Å². The Bertz CT molecular complexity index is 3950. The summed E-state index contributed by atoms with van der Waals surface area (Å²) in [6.45, 7) is 18.7. The van der Waals surface area contributed by atoms with Crippen LogP contribution < -0.4 is 0 Å². The van der Waals surface area contributed by atoms with Gasteiger partial charge in [0.25, 0.3) is 0 Å². The second-order valence-electron chi connectivity index (χ2n) is 25.7. The van der Waals surface area contributed by atoms with Gasteiger partial charge in [0, 0.05) is 49.4 Å². The van der Waals surface area contributed by atoms with Gasteiger partial charge in [-0.25, -0.2) is 0 Å². The molecule has 0 aliphatic heterocycles.